The highest BCUT2D eigenvalue weighted by molar-refractivity contribution is 5.89. The number of benzene rings is 1. The van der Waals surface area contributed by atoms with Crippen LogP contribution in [0.15, 0.2) is 30.3 Å². The summed E-state index contributed by atoms with van der Waals surface area (Å²) in [6.07, 6.45) is -1.16. The lowest BCUT2D eigenvalue weighted by Crippen LogP contribution is -2.64. The number of ether oxygens (including phenoxy) is 4. The topological polar surface area (TPSA) is 94.5 Å². The van der Waals surface area contributed by atoms with Gasteiger partial charge in [-0.15, -0.1) is 0 Å². The first-order valence-electron chi connectivity index (χ1n) is 9.55. The van der Waals surface area contributed by atoms with E-state index in [-0.39, 0.29) is 0 Å². The molecule has 1 aromatic rings. The van der Waals surface area contributed by atoms with E-state index in [1.807, 2.05) is 6.07 Å². The smallest absolute Gasteiger partial charge is 0.338 e. The average molecular weight is 378 g/mol. The molecule has 1 saturated heterocycles. The van der Waals surface area contributed by atoms with E-state index in [9.17, 15) is 15.0 Å². The van der Waals surface area contributed by atoms with Crippen molar-refractivity contribution >= 4 is 5.97 Å². The Morgan fingerprint density at radius 2 is 1.67 bits per heavy atom. The highest BCUT2D eigenvalue weighted by Crippen LogP contribution is 2.46. The van der Waals surface area contributed by atoms with Crippen molar-refractivity contribution in [1.29, 1.82) is 0 Å². The van der Waals surface area contributed by atoms with E-state index >= 15 is 0 Å². The Morgan fingerprint density at radius 1 is 1.00 bits per heavy atom. The molecule has 0 radical (unpaired) electrons. The summed E-state index contributed by atoms with van der Waals surface area (Å²) in [5.74, 6) is -1.31. The van der Waals surface area contributed by atoms with Crippen molar-refractivity contribution in [2.24, 2.45) is 0 Å². The van der Waals surface area contributed by atoms with Crippen LogP contribution in [0.2, 0.25) is 0 Å². The molecule has 0 aromatic heterocycles. The fourth-order valence-electron chi connectivity index (χ4n) is 4.45. The average Bonchev–Trinajstić information content (AvgIpc) is 3.06. The summed E-state index contributed by atoms with van der Waals surface area (Å²) in [7, 11) is 1.41. The predicted octanol–water partition coefficient (Wildman–Crippen LogP) is 1.41. The van der Waals surface area contributed by atoms with E-state index in [4.69, 9.17) is 18.9 Å². The third-order valence-electron chi connectivity index (χ3n) is 5.84. The molecular weight excluding hydrogens is 352 g/mol. The quantitative estimate of drug-likeness (QED) is 0.768. The fraction of sp³-hybridized carbons (Fsp3) is 0.650. The maximum atomic E-state index is 12.6. The number of aliphatic hydroxyl groups excluding tert-OH is 2. The number of esters is 1. The van der Waals surface area contributed by atoms with Gasteiger partial charge in [0, 0.05) is 20.0 Å². The summed E-state index contributed by atoms with van der Waals surface area (Å²) in [5, 5.41) is 21.1. The zero-order valence-electron chi connectivity index (χ0n) is 15.3. The van der Waals surface area contributed by atoms with Crippen LogP contribution in [0.25, 0.3) is 0 Å². The van der Waals surface area contributed by atoms with Gasteiger partial charge in [0.1, 0.15) is 30.5 Å². The minimum atomic E-state index is -1.24. The minimum absolute atomic E-state index is 0.399. The van der Waals surface area contributed by atoms with Gasteiger partial charge in [-0.05, 0) is 25.0 Å². The Morgan fingerprint density at radius 3 is 2.33 bits per heavy atom. The van der Waals surface area contributed by atoms with E-state index in [0.717, 1.165) is 32.1 Å². The van der Waals surface area contributed by atoms with Crippen LogP contribution < -0.4 is 0 Å². The molecule has 1 aliphatic heterocycles. The number of hydrogen-bond acceptors (Lipinski definition) is 7. The van der Waals surface area contributed by atoms with Crippen LogP contribution in [-0.2, 0) is 18.9 Å². The van der Waals surface area contributed by atoms with Crippen molar-refractivity contribution in [2.45, 2.75) is 74.5 Å². The third kappa shape index (κ3) is 3.39. The number of carbonyl (C=O) groups is 1. The van der Waals surface area contributed by atoms with Crippen molar-refractivity contribution in [1.82, 2.24) is 0 Å². The van der Waals surface area contributed by atoms with Crippen molar-refractivity contribution in [3.63, 3.8) is 0 Å². The van der Waals surface area contributed by atoms with Crippen LogP contribution in [0, 0.1) is 0 Å². The molecule has 2 saturated carbocycles. The standard InChI is InChI=1S/C20H26O7/c1-24-15-13(21)14(22)16-18(27-20(26-16)10-6-3-7-11-20)17(15)25-19(23)12-8-4-2-5-9-12/h2,4-5,8-9,13-18,21-22H,3,6-7,10-11H2,1H3/t13-,14-,15+,16+,17+,18+/m1/s1. The lowest BCUT2D eigenvalue weighted by Gasteiger charge is -2.42. The van der Waals surface area contributed by atoms with Crippen molar-refractivity contribution < 1.29 is 34.0 Å². The van der Waals surface area contributed by atoms with Gasteiger partial charge >= 0.3 is 5.97 Å². The van der Waals surface area contributed by atoms with Gasteiger partial charge in [-0.3, -0.25) is 0 Å². The Balaban J connectivity index is 1.60. The lowest BCUT2D eigenvalue weighted by molar-refractivity contribution is -0.203. The summed E-state index contributed by atoms with van der Waals surface area (Å²) in [5.41, 5.74) is 0.399. The molecule has 1 aromatic carbocycles. The summed E-state index contributed by atoms with van der Waals surface area (Å²) < 4.78 is 23.4. The SMILES string of the molecule is CO[C@H]1[C@H](O)[C@@H](O)[C@@H]2OC3(CCCCC3)O[C@@H]2[C@H]1OC(=O)c1ccccc1. The molecule has 148 valence electrons. The Labute approximate surface area is 158 Å². The molecular formula is C20H26O7. The first-order chi connectivity index (χ1) is 13.0. The number of aliphatic hydroxyl groups is 2. The van der Waals surface area contributed by atoms with Gasteiger partial charge < -0.3 is 29.2 Å². The first-order valence-corrected chi connectivity index (χ1v) is 9.55. The van der Waals surface area contributed by atoms with Crippen LogP contribution in [0.1, 0.15) is 42.5 Å². The van der Waals surface area contributed by atoms with Gasteiger partial charge in [-0.25, -0.2) is 4.79 Å². The third-order valence-corrected chi connectivity index (χ3v) is 5.84. The molecule has 6 atom stereocenters. The Hall–Kier alpha value is -1.51. The second kappa shape index (κ2) is 7.48. The molecule has 3 aliphatic rings. The predicted molar refractivity (Wildman–Crippen MR) is 94.0 cm³/mol. The maximum Gasteiger partial charge on any atom is 0.338 e. The molecule has 0 amide bonds. The van der Waals surface area contributed by atoms with Crippen molar-refractivity contribution in [3.05, 3.63) is 35.9 Å². The van der Waals surface area contributed by atoms with Gasteiger partial charge in [0.05, 0.1) is 5.56 Å². The van der Waals surface area contributed by atoms with Gasteiger partial charge in [0.25, 0.3) is 0 Å². The summed E-state index contributed by atoms with van der Waals surface area (Å²) in [6.45, 7) is 0. The van der Waals surface area contributed by atoms with Gasteiger partial charge in [0.15, 0.2) is 11.9 Å². The monoisotopic (exact) mass is 378 g/mol. The number of methoxy groups -OCH3 is 1. The Kier molecular flexibility index (Phi) is 5.22. The summed E-state index contributed by atoms with van der Waals surface area (Å²) in [6, 6.07) is 8.62. The summed E-state index contributed by atoms with van der Waals surface area (Å²) in [4.78, 5) is 12.6. The van der Waals surface area contributed by atoms with Gasteiger partial charge in [-0.1, -0.05) is 24.6 Å². The molecule has 1 heterocycles. The number of rotatable bonds is 3. The Bertz CT molecular complexity index is 658. The van der Waals surface area contributed by atoms with Crippen LogP contribution in [-0.4, -0.2) is 65.7 Å². The normalized spacial score (nSPS) is 37.7. The molecule has 7 heteroatoms. The fourth-order valence-corrected chi connectivity index (χ4v) is 4.45. The second-order valence-electron chi connectivity index (χ2n) is 7.55. The molecule has 27 heavy (non-hydrogen) atoms. The van der Waals surface area contributed by atoms with E-state index in [0.29, 0.717) is 5.56 Å². The highest BCUT2D eigenvalue weighted by atomic mass is 16.8. The second-order valence-corrected chi connectivity index (χ2v) is 7.55. The molecule has 2 aliphatic carbocycles. The summed E-state index contributed by atoms with van der Waals surface area (Å²) >= 11 is 0. The minimum Gasteiger partial charge on any atom is -0.453 e. The zero-order chi connectivity index (χ0) is 19.0. The van der Waals surface area contributed by atoms with Gasteiger partial charge in [0.2, 0.25) is 0 Å². The number of hydrogen-bond donors (Lipinski definition) is 2. The van der Waals surface area contributed by atoms with Crippen LogP contribution in [0.5, 0.6) is 0 Å². The first kappa shape index (κ1) is 18.8. The lowest BCUT2D eigenvalue weighted by atomic mass is 9.84. The number of carbonyl (C=O) groups excluding carboxylic acids is 1. The zero-order valence-corrected chi connectivity index (χ0v) is 15.3. The highest BCUT2D eigenvalue weighted by Gasteiger charge is 2.61. The molecule has 7 nitrogen and oxygen atoms in total. The molecule has 0 unspecified atom stereocenters. The molecule has 0 bridgehead atoms. The van der Waals surface area contributed by atoms with E-state index < -0.39 is 48.4 Å². The van der Waals surface area contributed by atoms with Crippen molar-refractivity contribution in [2.75, 3.05) is 7.11 Å². The largest absolute Gasteiger partial charge is 0.453 e. The van der Waals surface area contributed by atoms with E-state index in [1.54, 1.807) is 24.3 Å². The number of fused-ring (bicyclic) bond motifs is 1. The van der Waals surface area contributed by atoms with Crippen LogP contribution in [0.3, 0.4) is 0 Å². The van der Waals surface area contributed by atoms with Crippen molar-refractivity contribution in [3.8, 4) is 0 Å². The van der Waals surface area contributed by atoms with E-state index in [2.05, 4.69) is 0 Å². The van der Waals surface area contributed by atoms with Gasteiger partial charge in [-0.2, -0.15) is 0 Å². The van der Waals surface area contributed by atoms with Crippen LogP contribution in [0.4, 0.5) is 0 Å². The molecule has 3 fully saturated rings. The molecule has 2 N–H and O–H groups in total. The van der Waals surface area contributed by atoms with Crippen LogP contribution >= 0.6 is 0 Å². The molecule has 1 spiro atoms. The molecule has 4 rings (SSSR count). The van der Waals surface area contributed by atoms with E-state index in [1.165, 1.54) is 7.11 Å². The maximum absolute atomic E-state index is 12.6.